The van der Waals surface area contributed by atoms with Gasteiger partial charge in [-0.2, -0.15) is 0 Å². The van der Waals surface area contributed by atoms with Crippen molar-refractivity contribution < 1.29 is 0 Å². The number of benzene rings is 4. The molecule has 4 aromatic rings. The second-order valence-corrected chi connectivity index (χ2v) is 18.1. The molecule has 0 radical (unpaired) electrons. The monoisotopic (exact) mass is 531 g/mol. The van der Waals surface area contributed by atoms with Crippen LogP contribution in [0.2, 0.25) is 0 Å². The molecule has 1 N–H and O–H groups in total. The van der Waals surface area contributed by atoms with Crippen molar-refractivity contribution >= 4 is 18.6 Å². The first kappa shape index (κ1) is 27.6. The van der Waals surface area contributed by atoms with Crippen molar-refractivity contribution in [1.82, 2.24) is 4.98 Å². The van der Waals surface area contributed by atoms with E-state index in [1.807, 2.05) is 0 Å². The van der Waals surface area contributed by atoms with E-state index in [-0.39, 0.29) is 21.9 Å². The summed E-state index contributed by atoms with van der Waals surface area (Å²) in [7, 11) is -2.63. The van der Waals surface area contributed by atoms with Crippen LogP contribution in [0.1, 0.15) is 90.1 Å². The molecule has 0 aliphatic heterocycles. The Morgan fingerprint density at radius 1 is 0.513 bits per heavy atom. The van der Waals surface area contributed by atoms with Crippen molar-refractivity contribution in [2.24, 2.45) is 0 Å². The van der Waals surface area contributed by atoms with Crippen LogP contribution in [0.3, 0.4) is 0 Å². The molecule has 0 bridgehead atoms. The van der Waals surface area contributed by atoms with E-state index < -0.39 is 8.24 Å². The third-order valence-corrected chi connectivity index (χ3v) is 13.3. The summed E-state index contributed by atoms with van der Waals surface area (Å²) in [6, 6.07) is 37.3. The Bertz CT molecular complexity index is 1360. The van der Waals surface area contributed by atoms with Gasteiger partial charge < -0.3 is 4.98 Å². The van der Waals surface area contributed by atoms with Gasteiger partial charge in [-0.25, -0.2) is 0 Å². The lowest BCUT2D eigenvalue weighted by molar-refractivity contribution is 0.512. The van der Waals surface area contributed by atoms with E-state index in [0.29, 0.717) is 0 Å². The Labute approximate surface area is 237 Å². The van der Waals surface area contributed by atoms with Gasteiger partial charge in [-0.1, -0.05) is 139 Å². The highest BCUT2D eigenvalue weighted by Gasteiger charge is 2.52. The summed E-state index contributed by atoms with van der Waals surface area (Å²) >= 11 is 0. The van der Waals surface area contributed by atoms with Crippen LogP contribution in [0.5, 0.6) is 0 Å². The SMILES string of the molecule is CC(C)(C)N[Si](c1ccccc1)(c1ccccc1)C1c2ccc(C(C)(C)C)cc2-c2cc(C(C)(C)C)ccc21. The van der Waals surface area contributed by atoms with Gasteiger partial charge in [-0.15, -0.1) is 0 Å². The normalized spacial score (nSPS) is 14.3. The maximum Gasteiger partial charge on any atom is 0.202 e. The van der Waals surface area contributed by atoms with Gasteiger partial charge >= 0.3 is 0 Å². The highest BCUT2D eigenvalue weighted by Crippen LogP contribution is 2.50. The van der Waals surface area contributed by atoms with Crippen LogP contribution >= 0.6 is 0 Å². The molecule has 1 nitrogen and oxygen atoms in total. The molecule has 0 heterocycles. The molecule has 0 saturated carbocycles. The summed E-state index contributed by atoms with van der Waals surface area (Å²) in [5, 5.41) is 2.85. The van der Waals surface area contributed by atoms with E-state index in [2.05, 4.69) is 164 Å². The molecule has 5 rings (SSSR count). The lowest BCUT2D eigenvalue weighted by Crippen LogP contribution is -2.76. The summed E-state index contributed by atoms with van der Waals surface area (Å²) in [6.07, 6.45) is 0. The van der Waals surface area contributed by atoms with Crippen molar-refractivity contribution in [3.8, 4) is 11.1 Å². The predicted octanol–water partition coefficient (Wildman–Crippen LogP) is 8.08. The molecule has 0 fully saturated rings. The Morgan fingerprint density at radius 3 is 1.23 bits per heavy atom. The van der Waals surface area contributed by atoms with Crippen LogP contribution in [0.4, 0.5) is 0 Å². The number of nitrogens with one attached hydrogen (secondary N) is 1. The molecule has 4 aromatic carbocycles. The van der Waals surface area contributed by atoms with E-state index in [1.165, 1.54) is 43.8 Å². The first-order chi connectivity index (χ1) is 18.2. The number of hydrogen-bond acceptors (Lipinski definition) is 1. The first-order valence-corrected chi connectivity index (χ1v) is 16.5. The molecule has 0 saturated heterocycles. The quantitative estimate of drug-likeness (QED) is 0.262. The number of hydrogen-bond donors (Lipinski definition) is 1. The molecule has 0 amide bonds. The molecule has 202 valence electrons. The largest absolute Gasteiger partial charge is 0.325 e. The number of fused-ring (bicyclic) bond motifs is 3. The molecule has 1 aliphatic rings. The van der Waals surface area contributed by atoms with Gasteiger partial charge in [0.05, 0.1) is 0 Å². The van der Waals surface area contributed by atoms with Crippen molar-refractivity contribution in [1.29, 1.82) is 0 Å². The topological polar surface area (TPSA) is 12.0 Å². The summed E-state index contributed by atoms with van der Waals surface area (Å²) in [6.45, 7) is 20.9. The van der Waals surface area contributed by atoms with Crippen LogP contribution in [0, 0.1) is 0 Å². The molecular formula is C37H45NSi. The average molecular weight is 532 g/mol. The van der Waals surface area contributed by atoms with Crippen molar-refractivity contribution in [3.63, 3.8) is 0 Å². The van der Waals surface area contributed by atoms with Gasteiger partial charge in [-0.05, 0) is 75.4 Å². The Morgan fingerprint density at radius 2 is 0.897 bits per heavy atom. The standard InChI is InChI=1S/C37H45NSi/c1-35(2,3)26-20-22-30-32(24-26)33-25-27(36(4,5)6)21-23-31(33)34(30)39(38-37(7,8)9,28-16-12-10-13-17-28)29-18-14-11-15-19-29/h10-25,34,38H,1-9H3. The Hall–Kier alpha value is -2.94. The fourth-order valence-corrected chi connectivity index (χ4v) is 11.8. The van der Waals surface area contributed by atoms with Crippen molar-refractivity contribution in [2.75, 3.05) is 0 Å². The van der Waals surface area contributed by atoms with Gasteiger partial charge in [0.1, 0.15) is 0 Å². The van der Waals surface area contributed by atoms with Gasteiger partial charge in [0, 0.05) is 11.1 Å². The zero-order valence-corrected chi connectivity index (χ0v) is 26.3. The van der Waals surface area contributed by atoms with E-state index in [9.17, 15) is 0 Å². The molecule has 39 heavy (non-hydrogen) atoms. The van der Waals surface area contributed by atoms with Crippen LogP contribution in [-0.2, 0) is 10.8 Å². The van der Waals surface area contributed by atoms with Crippen LogP contribution in [0.15, 0.2) is 97.1 Å². The molecule has 0 aromatic heterocycles. The van der Waals surface area contributed by atoms with E-state index in [4.69, 9.17) is 0 Å². The zero-order valence-electron chi connectivity index (χ0n) is 25.3. The zero-order chi connectivity index (χ0) is 28.2. The summed E-state index contributed by atoms with van der Waals surface area (Å²) < 4.78 is 0. The smallest absolute Gasteiger partial charge is 0.202 e. The highest BCUT2D eigenvalue weighted by molar-refractivity contribution is 7.02. The minimum atomic E-state index is -2.63. The minimum absolute atomic E-state index is 0.0719. The summed E-state index contributed by atoms with van der Waals surface area (Å²) in [5.74, 6) is 0. The molecular weight excluding hydrogens is 487 g/mol. The first-order valence-electron chi connectivity index (χ1n) is 14.4. The average Bonchev–Trinajstić information content (AvgIpc) is 3.20. The Kier molecular flexibility index (Phi) is 6.80. The van der Waals surface area contributed by atoms with Gasteiger partial charge in [0.25, 0.3) is 0 Å². The van der Waals surface area contributed by atoms with E-state index in [0.717, 1.165) is 0 Å². The molecule has 0 spiro atoms. The third kappa shape index (κ3) is 5.05. The minimum Gasteiger partial charge on any atom is -0.325 e. The fourth-order valence-electron chi connectivity index (χ4n) is 6.36. The number of rotatable bonds is 4. The van der Waals surface area contributed by atoms with Gasteiger partial charge in [0.2, 0.25) is 8.24 Å². The third-order valence-electron chi connectivity index (χ3n) is 8.21. The fraction of sp³-hybridized carbons (Fsp3) is 0.351. The molecule has 0 atom stereocenters. The maximum absolute atomic E-state index is 4.35. The molecule has 2 heteroatoms. The lowest BCUT2D eigenvalue weighted by Gasteiger charge is -2.44. The van der Waals surface area contributed by atoms with Crippen molar-refractivity contribution in [3.05, 3.63) is 119 Å². The van der Waals surface area contributed by atoms with Crippen LogP contribution in [-0.4, -0.2) is 13.8 Å². The molecule has 1 aliphatic carbocycles. The van der Waals surface area contributed by atoms with E-state index >= 15 is 0 Å². The second kappa shape index (κ2) is 9.61. The van der Waals surface area contributed by atoms with Gasteiger partial charge in [-0.3, -0.25) is 0 Å². The lowest BCUT2D eigenvalue weighted by atomic mass is 9.83. The summed E-state index contributed by atoms with van der Waals surface area (Å²) in [5.41, 5.74) is 8.87. The van der Waals surface area contributed by atoms with Gasteiger partial charge in [0.15, 0.2) is 0 Å². The van der Waals surface area contributed by atoms with E-state index in [1.54, 1.807) is 0 Å². The maximum atomic E-state index is 4.35. The second-order valence-electron chi connectivity index (χ2n) is 14.5. The predicted molar refractivity (Wildman–Crippen MR) is 172 cm³/mol. The molecule has 0 unspecified atom stereocenters. The van der Waals surface area contributed by atoms with Crippen LogP contribution in [0.25, 0.3) is 11.1 Å². The summed E-state index contributed by atoms with van der Waals surface area (Å²) in [4.78, 5) is 4.35. The van der Waals surface area contributed by atoms with Crippen LogP contribution < -0.4 is 15.4 Å². The highest BCUT2D eigenvalue weighted by atomic mass is 28.3. The van der Waals surface area contributed by atoms with Crippen molar-refractivity contribution in [2.45, 2.75) is 84.2 Å². The Balaban J connectivity index is 1.91.